The van der Waals surface area contributed by atoms with Gasteiger partial charge in [-0.25, -0.2) is 4.68 Å². The molecule has 0 unspecified atom stereocenters. The molecule has 1 aromatic carbocycles. The standard InChI is InChI=1S/C11H11N7O5/c1-2-3-16-11(13-14-15-16)12-10(19)7-4-8(17(20)21)6-9(5-7)18(22)23/h4-6H,2-3H2,1H3,(H,12,13,15,19). The van der Waals surface area contributed by atoms with E-state index in [-0.39, 0.29) is 11.5 Å². The summed E-state index contributed by atoms with van der Waals surface area (Å²) in [4.78, 5) is 32.2. The quantitative estimate of drug-likeness (QED) is 0.612. The first-order valence-electron chi connectivity index (χ1n) is 6.43. The van der Waals surface area contributed by atoms with Crippen LogP contribution in [0.5, 0.6) is 0 Å². The summed E-state index contributed by atoms with van der Waals surface area (Å²) >= 11 is 0. The molecule has 1 N–H and O–H groups in total. The SMILES string of the molecule is CCCn1nnnc1NC(=O)c1cc([N+](=O)[O-])cc([N+](=O)[O-])c1. The van der Waals surface area contributed by atoms with Gasteiger partial charge in [0, 0.05) is 18.7 Å². The minimum absolute atomic E-state index is 0.0472. The molecular weight excluding hydrogens is 310 g/mol. The number of aromatic nitrogens is 4. The van der Waals surface area contributed by atoms with Crippen LogP contribution in [0.3, 0.4) is 0 Å². The molecule has 2 aromatic rings. The van der Waals surface area contributed by atoms with Crippen molar-refractivity contribution in [2.75, 3.05) is 5.32 Å². The summed E-state index contributed by atoms with van der Waals surface area (Å²) in [5.41, 5.74) is -1.35. The number of non-ortho nitro benzene ring substituents is 2. The zero-order chi connectivity index (χ0) is 17.0. The van der Waals surface area contributed by atoms with Crippen LogP contribution >= 0.6 is 0 Å². The van der Waals surface area contributed by atoms with Crippen molar-refractivity contribution in [2.45, 2.75) is 19.9 Å². The first-order valence-corrected chi connectivity index (χ1v) is 6.43. The van der Waals surface area contributed by atoms with E-state index in [1.165, 1.54) is 4.68 Å². The lowest BCUT2D eigenvalue weighted by atomic mass is 10.1. The molecular formula is C11H11N7O5. The van der Waals surface area contributed by atoms with Crippen LogP contribution in [0.2, 0.25) is 0 Å². The minimum Gasteiger partial charge on any atom is -0.289 e. The molecule has 0 aliphatic carbocycles. The molecule has 0 atom stereocenters. The average molecular weight is 321 g/mol. The molecule has 0 bridgehead atoms. The van der Waals surface area contributed by atoms with E-state index >= 15 is 0 Å². The highest BCUT2D eigenvalue weighted by molar-refractivity contribution is 6.04. The summed E-state index contributed by atoms with van der Waals surface area (Å²) < 4.78 is 1.34. The third-order valence-corrected chi connectivity index (χ3v) is 2.78. The predicted octanol–water partition coefficient (Wildman–Crippen LogP) is 1.15. The molecule has 12 heteroatoms. The van der Waals surface area contributed by atoms with Crippen LogP contribution in [0, 0.1) is 20.2 Å². The lowest BCUT2D eigenvalue weighted by molar-refractivity contribution is -0.394. The zero-order valence-corrected chi connectivity index (χ0v) is 11.9. The fourth-order valence-corrected chi connectivity index (χ4v) is 1.77. The number of anilines is 1. The third-order valence-electron chi connectivity index (χ3n) is 2.78. The Bertz CT molecular complexity index is 740. The molecule has 23 heavy (non-hydrogen) atoms. The summed E-state index contributed by atoms with van der Waals surface area (Å²) in [6.45, 7) is 2.34. The first kappa shape index (κ1) is 15.9. The number of nitrogens with one attached hydrogen (secondary N) is 1. The van der Waals surface area contributed by atoms with Crippen LogP contribution in [0.4, 0.5) is 17.3 Å². The van der Waals surface area contributed by atoms with Gasteiger partial charge in [-0.15, -0.1) is 0 Å². The number of rotatable bonds is 6. The van der Waals surface area contributed by atoms with Gasteiger partial charge in [0.05, 0.1) is 21.5 Å². The van der Waals surface area contributed by atoms with Crippen molar-refractivity contribution in [3.05, 3.63) is 44.0 Å². The fraction of sp³-hybridized carbons (Fsp3) is 0.273. The van der Waals surface area contributed by atoms with Crippen LogP contribution in [0.15, 0.2) is 18.2 Å². The van der Waals surface area contributed by atoms with E-state index in [1.807, 2.05) is 6.92 Å². The van der Waals surface area contributed by atoms with Gasteiger partial charge in [-0.1, -0.05) is 12.0 Å². The minimum atomic E-state index is -0.815. The van der Waals surface area contributed by atoms with Crippen molar-refractivity contribution in [3.8, 4) is 0 Å². The highest BCUT2D eigenvalue weighted by Crippen LogP contribution is 2.23. The molecule has 0 aliphatic heterocycles. The van der Waals surface area contributed by atoms with Gasteiger partial charge in [0.1, 0.15) is 0 Å². The number of amides is 1. The molecule has 1 aromatic heterocycles. The number of hydrogen-bond donors (Lipinski definition) is 1. The Hall–Kier alpha value is -3.44. The highest BCUT2D eigenvalue weighted by atomic mass is 16.6. The largest absolute Gasteiger partial charge is 0.289 e. The fourth-order valence-electron chi connectivity index (χ4n) is 1.77. The monoisotopic (exact) mass is 321 g/mol. The summed E-state index contributed by atoms with van der Waals surface area (Å²) in [7, 11) is 0. The summed E-state index contributed by atoms with van der Waals surface area (Å²) in [6.07, 6.45) is 0.718. The van der Waals surface area contributed by atoms with E-state index in [2.05, 4.69) is 20.8 Å². The van der Waals surface area contributed by atoms with Gasteiger partial charge in [-0.2, -0.15) is 0 Å². The van der Waals surface area contributed by atoms with Crippen LogP contribution in [-0.2, 0) is 6.54 Å². The zero-order valence-electron chi connectivity index (χ0n) is 11.9. The van der Waals surface area contributed by atoms with Gasteiger partial charge in [-0.3, -0.25) is 30.3 Å². The van der Waals surface area contributed by atoms with Crippen LogP contribution in [0.1, 0.15) is 23.7 Å². The van der Waals surface area contributed by atoms with Crippen molar-refractivity contribution in [1.29, 1.82) is 0 Å². The average Bonchev–Trinajstić information content (AvgIpc) is 2.94. The number of nitro benzene ring substituents is 2. The second-order valence-corrected chi connectivity index (χ2v) is 4.43. The lowest BCUT2D eigenvalue weighted by Crippen LogP contribution is -2.17. The van der Waals surface area contributed by atoms with Crippen molar-refractivity contribution in [1.82, 2.24) is 20.2 Å². The second kappa shape index (κ2) is 6.55. The van der Waals surface area contributed by atoms with Gasteiger partial charge in [0.15, 0.2) is 0 Å². The van der Waals surface area contributed by atoms with Gasteiger partial charge >= 0.3 is 0 Å². The highest BCUT2D eigenvalue weighted by Gasteiger charge is 2.21. The molecule has 2 rings (SSSR count). The van der Waals surface area contributed by atoms with Crippen molar-refractivity contribution < 1.29 is 14.6 Å². The molecule has 1 amide bonds. The van der Waals surface area contributed by atoms with Crippen LogP contribution in [0.25, 0.3) is 0 Å². The number of nitrogens with zero attached hydrogens (tertiary/aromatic N) is 6. The van der Waals surface area contributed by atoms with Crippen LogP contribution in [-0.4, -0.2) is 36.0 Å². The van der Waals surface area contributed by atoms with Gasteiger partial charge in [0.25, 0.3) is 17.3 Å². The summed E-state index contributed by atoms with van der Waals surface area (Å²) in [5.74, 6) is -0.741. The molecule has 12 nitrogen and oxygen atoms in total. The van der Waals surface area contributed by atoms with Crippen molar-refractivity contribution >= 4 is 23.2 Å². The third kappa shape index (κ3) is 3.61. The van der Waals surface area contributed by atoms with Crippen molar-refractivity contribution in [3.63, 3.8) is 0 Å². The number of carbonyl (C=O) groups excluding carboxylic acids is 1. The van der Waals surface area contributed by atoms with Crippen LogP contribution < -0.4 is 5.32 Å². The molecule has 1 heterocycles. The molecule has 120 valence electrons. The molecule has 0 radical (unpaired) electrons. The molecule has 0 spiro atoms. The van der Waals surface area contributed by atoms with E-state index in [0.29, 0.717) is 6.54 Å². The maximum atomic E-state index is 12.2. The Labute approximate surface area is 128 Å². The van der Waals surface area contributed by atoms with Crippen molar-refractivity contribution in [2.24, 2.45) is 0 Å². The maximum absolute atomic E-state index is 12.2. The predicted molar refractivity (Wildman–Crippen MR) is 75.8 cm³/mol. The molecule has 0 aliphatic rings. The number of aryl methyl sites for hydroxylation is 1. The van der Waals surface area contributed by atoms with Gasteiger partial charge < -0.3 is 0 Å². The number of hydrogen-bond acceptors (Lipinski definition) is 8. The Morgan fingerprint density at radius 1 is 1.22 bits per heavy atom. The normalized spacial score (nSPS) is 10.3. The summed E-state index contributed by atoms with van der Waals surface area (Å²) in [5, 5.41) is 34.7. The first-order chi connectivity index (χ1) is 10.9. The number of tetrazole rings is 1. The molecule has 0 saturated heterocycles. The molecule has 0 fully saturated rings. The number of carbonyl (C=O) groups is 1. The smallest absolute Gasteiger partial charge is 0.277 e. The number of nitro groups is 2. The maximum Gasteiger partial charge on any atom is 0.277 e. The Balaban J connectivity index is 2.33. The summed E-state index contributed by atoms with van der Waals surface area (Å²) in [6, 6.07) is 2.66. The Morgan fingerprint density at radius 2 is 1.83 bits per heavy atom. The topological polar surface area (TPSA) is 159 Å². The lowest BCUT2D eigenvalue weighted by Gasteiger charge is -2.05. The van der Waals surface area contributed by atoms with Gasteiger partial charge in [-0.05, 0) is 16.8 Å². The van der Waals surface area contributed by atoms with E-state index in [1.54, 1.807) is 0 Å². The van der Waals surface area contributed by atoms with Gasteiger partial charge in [0.2, 0.25) is 5.95 Å². The van der Waals surface area contributed by atoms with E-state index < -0.39 is 27.1 Å². The second-order valence-electron chi connectivity index (χ2n) is 4.43. The number of benzene rings is 1. The van der Waals surface area contributed by atoms with E-state index in [9.17, 15) is 25.0 Å². The van der Waals surface area contributed by atoms with E-state index in [4.69, 9.17) is 0 Å². The Kier molecular flexibility index (Phi) is 4.54. The van der Waals surface area contributed by atoms with E-state index in [0.717, 1.165) is 24.6 Å². The Morgan fingerprint density at radius 3 is 2.35 bits per heavy atom. The molecule has 0 saturated carbocycles.